The van der Waals surface area contributed by atoms with E-state index in [1.165, 1.54) is 0 Å². The van der Waals surface area contributed by atoms with E-state index in [-0.39, 0.29) is 12.8 Å². The largest absolute Gasteiger partial charge is 0.550 e. The molecule has 21 heavy (non-hydrogen) atoms. The maximum absolute atomic E-state index is 11.0. The van der Waals surface area contributed by atoms with Gasteiger partial charge in [-0.25, -0.2) is 0 Å². The van der Waals surface area contributed by atoms with Crippen molar-refractivity contribution in [2.45, 2.75) is 44.9 Å². The number of carbonyl (C=O) groups is 2. The van der Waals surface area contributed by atoms with Crippen LogP contribution < -0.4 is 15.6 Å². The summed E-state index contributed by atoms with van der Waals surface area (Å²) < 4.78 is 5.58. The van der Waals surface area contributed by atoms with Gasteiger partial charge in [0.05, 0.1) is 6.61 Å². The van der Waals surface area contributed by atoms with Crippen LogP contribution in [0, 0.1) is 0 Å². The first-order valence-electron chi connectivity index (χ1n) is 7.23. The molecule has 1 aromatic carbocycles. The number of primary amides is 1. The number of ether oxygens (including phenoxy) is 1. The Balaban J connectivity index is 2.63. The summed E-state index contributed by atoms with van der Waals surface area (Å²) in [4.78, 5) is 21.8. The van der Waals surface area contributed by atoms with Gasteiger partial charge in [-0.2, -0.15) is 0 Å². The van der Waals surface area contributed by atoms with Crippen LogP contribution in [0.4, 0.5) is 0 Å². The molecule has 0 heterocycles. The molecule has 0 aromatic heterocycles. The normalized spacial score (nSPS) is 11.9. The molecule has 1 amide bonds. The molecule has 0 saturated heterocycles. The van der Waals surface area contributed by atoms with Gasteiger partial charge in [0, 0.05) is 12.4 Å². The van der Waals surface area contributed by atoms with Crippen molar-refractivity contribution in [3.8, 4) is 5.75 Å². The van der Waals surface area contributed by atoms with E-state index in [1.807, 2.05) is 0 Å². The fraction of sp³-hybridized carbons (Fsp3) is 0.500. The maximum atomic E-state index is 11.0. The standard InChI is InChI=1S/C16H23NO4/c1-2-3-4-9-21-14-7-5-12(6-8-14)13(10-15(17)18)11-16(19)20/h5-8,13H,2-4,9-11H2,1H3,(H2,17,18)(H,19,20)/p-1/t13-/m1/s1. The molecule has 1 rings (SSSR count). The summed E-state index contributed by atoms with van der Waals surface area (Å²) in [5.74, 6) is -1.44. The van der Waals surface area contributed by atoms with Crippen LogP contribution in [-0.2, 0) is 9.59 Å². The Bertz CT molecular complexity index is 440. The van der Waals surface area contributed by atoms with E-state index < -0.39 is 17.8 Å². The van der Waals surface area contributed by atoms with Gasteiger partial charge in [0.15, 0.2) is 0 Å². The van der Waals surface area contributed by atoms with Crippen molar-refractivity contribution < 1.29 is 19.4 Å². The highest BCUT2D eigenvalue weighted by Gasteiger charge is 2.15. The second-order valence-electron chi connectivity index (χ2n) is 5.07. The van der Waals surface area contributed by atoms with Crippen LogP contribution in [0.25, 0.3) is 0 Å². The highest BCUT2D eigenvalue weighted by molar-refractivity contribution is 5.76. The number of unbranched alkanes of at least 4 members (excludes halogenated alkanes) is 2. The summed E-state index contributed by atoms with van der Waals surface area (Å²) in [5, 5.41) is 10.7. The molecule has 1 atom stereocenters. The highest BCUT2D eigenvalue weighted by Crippen LogP contribution is 2.25. The second-order valence-corrected chi connectivity index (χ2v) is 5.07. The maximum Gasteiger partial charge on any atom is 0.218 e. The molecule has 0 saturated carbocycles. The number of hydrogen-bond donors (Lipinski definition) is 1. The van der Waals surface area contributed by atoms with E-state index in [2.05, 4.69) is 6.92 Å². The lowest BCUT2D eigenvalue weighted by Gasteiger charge is -2.17. The van der Waals surface area contributed by atoms with Gasteiger partial charge >= 0.3 is 0 Å². The van der Waals surface area contributed by atoms with Gasteiger partial charge in [0.25, 0.3) is 0 Å². The van der Waals surface area contributed by atoms with Gasteiger partial charge in [-0.1, -0.05) is 31.9 Å². The van der Waals surface area contributed by atoms with Crippen molar-refractivity contribution in [1.29, 1.82) is 0 Å². The molecule has 0 aliphatic rings. The molecule has 0 aliphatic carbocycles. The van der Waals surface area contributed by atoms with Gasteiger partial charge in [-0.15, -0.1) is 0 Å². The van der Waals surface area contributed by atoms with Gasteiger partial charge in [-0.05, 0) is 36.5 Å². The zero-order chi connectivity index (χ0) is 15.7. The summed E-state index contributed by atoms with van der Waals surface area (Å²) >= 11 is 0. The van der Waals surface area contributed by atoms with Crippen molar-refractivity contribution in [1.82, 2.24) is 0 Å². The average molecular weight is 292 g/mol. The van der Waals surface area contributed by atoms with Crippen LogP contribution in [0.3, 0.4) is 0 Å². The molecule has 1 aromatic rings. The number of carbonyl (C=O) groups excluding carboxylic acids is 2. The molecular weight excluding hydrogens is 270 g/mol. The second kappa shape index (κ2) is 9.00. The SMILES string of the molecule is CCCCCOc1ccc([C@H](CC(N)=O)CC(=O)[O-])cc1. The number of aliphatic carboxylic acids is 1. The Morgan fingerprint density at radius 2 is 1.86 bits per heavy atom. The molecule has 5 heteroatoms. The van der Waals surface area contributed by atoms with Crippen LogP contribution in [0.5, 0.6) is 5.75 Å². The van der Waals surface area contributed by atoms with E-state index >= 15 is 0 Å². The van der Waals surface area contributed by atoms with Crippen molar-refractivity contribution in [3.05, 3.63) is 29.8 Å². The quantitative estimate of drug-likeness (QED) is 0.659. The van der Waals surface area contributed by atoms with E-state index in [4.69, 9.17) is 10.5 Å². The zero-order valence-electron chi connectivity index (χ0n) is 12.3. The summed E-state index contributed by atoms with van der Waals surface area (Å²) in [7, 11) is 0. The lowest BCUT2D eigenvalue weighted by Crippen LogP contribution is -2.26. The molecule has 116 valence electrons. The summed E-state index contributed by atoms with van der Waals surface area (Å²) in [6.07, 6.45) is 3.04. The fourth-order valence-corrected chi connectivity index (χ4v) is 2.13. The van der Waals surface area contributed by atoms with Gasteiger partial charge < -0.3 is 20.4 Å². The third-order valence-corrected chi connectivity index (χ3v) is 3.23. The predicted molar refractivity (Wildman–Crippen MR) is 77.6 cm³/mol. The first-order valence-corrected chi connectivity index (χ1v) is 7.23. The van der Waals surface area contributed by atoms with Crippen molar-refractivity contribution in [2.75, 3.05) is 6.61 Å². The van der Waals surface area contributed by atoms with Crippen LogP contribution >= 0.6 is 0 Å². The lowest BCUT2D eigenvalue weighted by atomic mass is 9.92. The Labute approximate surface area is 125 Å². The topological polar surface area (TPSA) is 92.5 Å². The lowest BCUT2D eigenvalue weighted by molar-refractivity contribution is -0.306. The van der Waals surface area contributed by atoms with E-state index in [9.17, 15) is 14.7 Å². The third kappa shape index (κ3) is 6.79. The van der Waals surface area contributed by atoms with Crippen LogP contribution in [-0.4, -0.2) is 18.5 Å². The molecule has 0 radical (unpaired) electrons. The Hall–Kier alpha value is -2.04. The van der Waals surface area contributed by atoms with E-state index in [1.54, 1.807) is 24.3 Å². The number of benzene rings is 1. The minimum absolute atomic E-state index is 0.00924. The minimum Gasteiger partial charge on any atom is -0.550 e. The van der Waals surface area contributed by atoms with Crippen molar-refractivity contribution >= 4 is 11.9 Å². The molecule has 5 nitrogen and oxygen atoms in total. The Morgan fingerprint density at radius 1 is 1.19 bits per heavy atom. The predicted octanol–water partition coefficient (Wildman–Crippen LogP) is 1.35. The number of amides is 1. The zero-order valence-corrected chi connectivity index (χ0v) is 12.3. The number of carboxylic acid groups (broad SMARTS) is 1. The molecular formula is C16H22NO4-. The van der Waals surface area contributed by atoms with E-state index in [0.717, 1.165) is 30.6 Å². The molecule has 0 unspecified atom stereocenters. The average Bonchev–Trinajstić information content (AvgIpc) is 2.42. The molecule has 2 N–H and O–H groups in total. The van der Waals surface area contributed by atoms with Crippen LogP contribution in [0.2, 0.25) is 0 Å². The molecule has 0 spiro atoms. The highest BCUT2D eigenvalue weighted by atomic mass is 16.5. The van der Waals surface area contributed by atoms with Gasteiger partial charge in [0.1, 0.15) is 5.75 Å². The molecule has 0 aliphatic heterocycles. The van der Waals surface area contributed by atoms with Crippen molar-refractivity contribution in [3.63, 3.8) is 0 Å². The first kappa shape index (κ1) is 17.0. The molecule has 0 bridgehead atoms. The number of hydrogen-bond acceptors (Lipinski definition) is 4. The van der Waals surface area contributed by atoms with E-state index in [0.29, 0.717) is 6.61 Å². The monoisotopic (exact) mass is 292 g/mol. The van der Waals surface area contributed by atoms with Gasteiger partial charge in [0.2, 0.25) is 5.91 Å². The summed E-state index contributed by atoms with van der Waals surface area (Å²) in [6.45, 7) is 2.79. The third-order valence-electron chi connectivity index (χ3n) is 3.23. The molecule has 0 fully saturated rings. The number of carboxylic acids is 1. The Morgan fingerprint density at radius 3 is 2.38 bits per heavy atom. The fourth-order valence-electron chi connectivity index (χ4n) is 2.13. The minimum atomic E-state index is -1.19. The number of nitrogens with two attached hydrogens (primary N) is 1. The first-order chi connectivity index (χ1) is 10.0. The summed E-state index contributed by atoms with van der Waals surface area (Å²) in [5.41, 5.74) is 5.90. The number of rotatable bonds is 10. The Kier molecular flexibility index (Phi) is 7.29. The van der Waals surface area contributed by atoms with Crippen LogP contribution in [0.1, 0.15) is 50.5 Å². The van der Waals surface area contributed by atoms with Crippen LogP contribution in [0.15, 0.2) is 24.3 Å². The van der Waals surface area contributed by atoms with Crippen molar-refractivity contribution in [2.24, 2.45) is 5.73 Å². The summed E-state index contributed by atoms with van der Waals surface area (Å²) in [6, 6.07) is 7.10. The van der Waals surface area contributed by atoms with Gasteiger partial charge in [-0.3, -0.25) is 4.79 Å². The smallest absolute Gasteiger partial charge is 0.218 e.